The van der Waals surface area contributed by atoms with Gasteiger partial charge in [-0.15, -0.1) is 0 Å². The Balaban J connectivity index is 3.15. The summed E-state index contributed by atoms with van der Waals surface area (Å²) in [7, 11) is 0. The van der Waals surface area contributed by atoms with Gasteiger partial charge in [0, 0.05) is 9.64 Å². The quantitative estimate of drug-likeness (QED) is 0.185. The lowest BCUT2D eigenvalue weighted by Crippen LogP contribution is -2.29. The van der Waals surface area contributed by atoms with Crippen LogP contribution in [0.2, 0.25) is 0 Å². The number of halogens is 3. The average Bonchev–Trinajstić information content (AvgIpc) is 2.39. The maximum absolute atomic E-state index is 13.6. The monoisotopic (exact) mass is 397 g/mol. The number of ketones is 1. The Labute approximate surface area is 126 Å². The van der Waals surface area contributed by atoms with Crippen molar-refractivity contribution in [2.24, 2.45) is 11.1 Å². The maximum Gasteiger partial charge on any atom is 0.318 e. The fourth-order valence-corrected chi connectivity index (χ4v) is 1.95. The minimum absolute atomic E-state index is 0.00487. The van der Waals surface area contributed by atoms with Gasteiger partial charge < -0.3 is 4.74 Å². The molecule has 0 aliphatic heterocycles. The van der Waals surface area contributed by atoms with Crippen LogP contribution in [0, 0.1) is 26.0 Å². The summed E-state index contributed by atoms with van der Waals surface area (Å²) in [4.78, 5) is 33.9. The summed E-state index contributed by atoms with van der Waals surface area (Å²) in [5.74, 6) is -5.37. The highest BCUT2D eigenvalue weighted by Gasteiger charge is 2.31. The first-order valence-corrected chi connectivity index (χ1v) is 6.64. The molecule has 0 amide bonds. The van der Waals surface area contributed by atoms with Gasteiger partial charge in [0.2, 0.25) is 0 Å². The summed E-state index contributed by atoms with van der Waals surface area (Å²) < 4.78 is 31.4. The molecular weight excluding hydrogens is 387 g/mol. The molecule has 5 nitrogen and oxygen atoms in total. The van der Waals surface area contributed by atoms with Gasteiger partial charge in [-0.1, -0.05) is 5.18 Å². The number of nitroso groups, excluding NO2 is 1. The Hall–Kier alpha value is -1.45. The van der Waals surface area contributed by atoms with Crippen molar-refractivity contribution < 1.29 is 23.1 Å². The molecule has 20 heavy (non-hydrogen) atoms. The number of nitrogens with zero attached hydrogens (tertiary/aromatic N) is 1. The van der Waals surface area contributed by atoms with E-state index in [4.69, 9.17) is 0 Å². The first-order valence-electron chi connectivity index (χ1n) is 5.56. The summed E-state index contributed by atoms with van der Waals surface area (Å²) in [6.07, 6.45) is 0. The Bertz CT molecular complexity index is 551. The number of rotatable bonds is 6. The third kappa shape index (κ3) is 3.78. The highest BCUT2D eigenvalue weighted by Crippen LogP contribution is 2.20. The topological polar surface area (TPSA) is 72.8 Å². The van der Waals surface area contributed by atoms with E-state index in [2.05, 4.69) is 9.91 Å². The Morgan fingerprint density at radius 2 is 2.00 bits per heavy atom. The normalized spacial score (nSPS) is 11.8. The van der Waals surface area contributed by atoms with Crippen LogP contribution in [0.3, 0.4) is 0 Å². The summed E-state index contributed by atoms with van der Waals surface area (Å²) >= 11 is 1.58. The molecule has 1 unspecified atom stereocenters. The number of ether oxygens (including phenoxy) is 1. The highest BCUT2D eigenvalue weighted by molar-refractivity contribution is 14.1. The third-order valence-corrected chi connectivity index (χ3v) is 3.25. The van der Waals surface area contributed by atoms with E-state index >= 15 is 0 Å². The number of carbonyl (C=O) groups excluding carboxylic acids is 2. The molecule has 0 heterocycles. The molecule has 0 saturated heterocycles. The van der Waals surface area contributed by atoms with Crippen molar-refractivity contribution in [1.29, 1.82) is 0 Å². The molecule has 1 atom stereocenters. The van der Waals surface area contributed by atoms with E-state index < -0.39 is 41.4 Å². The van der Waals surface area contributed by atoms with Crippen LogP contribution in [0.25, 0.3) is 0 Å². The molecule has 0 fully saturated rings. The van der Waals surface area contributed by atoms with Gasteiger partial charge in [0.1, 0.15) is 24.1 Å². The number of esters is 1. The largest absolute Gasteiger partial charge is 0.465 e. The lowest BCUT2D eigenvalue weighted by Gasteiger charge is -2.12. The first-order chi connectivity index (χ1) is 9.42. The molecule has 0 spiro atoms. The maximum atomic E-state index is 13.6. The van der Waals surface area contributed by atoms with Crippen molar-refractivity contribution in [2.45, 2.75) is 6.92 Å². The fourth-order valence-electron chi connectivity index (χ4n) is 1.48. The molecule has 0 radical (unpaired) electrons. The van der Waals surface area contributed by atoms with Gasteiger partial charge in [0.05, 0.1) is 12.2 Å². The van der Waals surface area contributed by atoms with Gasteiger partial charge >= 0.3 is 5.97 Å². The molecule has 8 heteroatoms. The second-order valence-corrected chi connectivity index (χ2v) is 4.89. The van der Waals surface area contributed by atoms with Crippen molar-refractivity contribution >= 4 is 34.3 Å². The van der Waals surface area contributed by atoms with Crippen LogP contribution in [-0.4, -0.2) is 24.9 Å². The first kappa shape index (κ1) is 16.6. The summed E-state index contributed by atoms with van der Waals surface area (Å²) in [6.45, 7) is 0.866. The Morgan fingerprint density at radius 3 is 2.55 bits per heavy atom. The van der Waals surface area contributed by atoms with Gasteiger partial charge in [-0.05, 0) is 35.6 Å². The van der Waals surface area contributed by atoms with Gasteiger partial charge in [-0.25, -0.2) is 8.78 Å². The third-order valence-electron chi connectivity index (χ3n) is 2.42. The van der Waals surface area contributed by atoms with Gasteiger partial charge in [-0.2, -0.15) is 4.91 Å². The molecule has 0 aromatic heterocycles. The van der Waals surface area contributed by atoms with Crippen LogP contribution in [0.5, 0.6) is 0 Å². The van der Waals surface area contributed by atoms with E-state index in [-0.39, 0.29) is 10.2 Å². The minimum Gasteiger partial charge on any atom is -0.465 e. The summed E-state index contributed by atoms with van der Waals surface area (Å²) in [5.41, 5.74) is -0.475. The number of benzene rings is 1. The van der Waals surface area contributed by atoms with E-state index in [1.807, 2.05) is 0 Å². The van der Waals surface area contributed by atoms with E-state index in [0.717, 1.165) is 6.07 Å². The van der Waals surface area contributed by atoms with Crippen molar-refractivity contribution in [2.75, 3.05) is 13.2 Å². The van der Waals surface area contributed by atoms with Crippen LogP contribution in [0.15, 0.2) is 17.3 Å². The van der Waals surface area contributed by atoms with Gasteiger partial charge in [0.25, 0.3) is 0 Å². The molecule has 0 saturated carbocycles. The predicted molar refractivity (Wildman–Crippen MR) is 74.2 cm³/mol. The highest BCUT2D eigenvalue weighted by atomic mass is 127. The van der Waals surface area contributed by atoms with Crippen LogP contribution < -0.4 is 0 Å². The van der Waals surface area contributed by atoms with E-state index in [1.54, 1.807) is 22.6 Å². The fraction of sp³-hybridized carbons (Fsp3) is 0.333. The number of hydrogen-bond acceptors (Lipinski definition) is 5. The Morgan fingerprint density at radius 1 is 1.35 bits per heavy atom. The second kappa shape index (κ2) is 7.36. The molecule has 0 bridgehead atoms. The standard InChI is InChI=1S/C12H10F2INO4/c1-2-20-12(18)7(5-16-19)11(17)6-3-10(15)9(14)4-8(6)13/h3-4,7H,2,5H2,1H3. The lowest BCUT2D eigenvalue weighted by atomic mass is 9.97. The van der Waals surface area contributed by atoms with E-state index in [9.17, 15) is 23.3 Å². The molecule has 108 valence electrons. The molecule has 0 aliphatic carbocycles. The molecule has 0 N–H and O–H groups in total. The lowest BCUT2D eigenvalue weighted by molar-refractivity contribution is -0.145. The van der Waals surface area contributed by atoms with Gasteiger partial charge in [-0.3, -0.25) is 9.59 Å². The van der Waals surface area contributed by atoms with Crippen LogP contribution in [0.1, 0.15) is 17.3 Å². The van der Waals surface area contributed by atoms with Crippen LogP contribution >= 0.6 is 22.6 Å². The predicted octanol–water partition coefficient (Wildman–Crippen LogP) is 2.70. The van der Waals surface area contributed by atoms with Gasteiger partial charge in [0.15, 0.2) is 5.78 Å². The van der Waals surface area contributed by atoms with Crippen molar-refractivity contribution in [1.82, 2.24) is 0 Å². The average molecular weight is 397 g/mol. The molecular formula is C12H10F2INO4. The van der Waals surface area contributed by atoms with Crippen molar-refractivity contribution in [3.63, 3.8) is 0 Å². The second-order valence-electron chi connectivity index (χ2n) is 3.73. The van der Waals surface area contributed by atoms with E-state index in [1.165, 1.54) is 6.92 Å². The zero-order valence-corrected chi connectivity index (χ0v) is 12.5. The number of carbonyl (C=O) groups is 2. The SMILES string of the molecule is CCOC(=O)C(CN=O)C(=O)c1cc(I)c(F)cc1F. The van der Waals surface area contributed by atoms with Crippen LogP contribution in [0.4, 0.5) is 8.78 Å². The van der Waals surface area contributed by atoms with E-state index in [0.29, 0.717) is 6.07 Å². The van der Waals surface area contributed by atoms with Crippen LogP contribution in [-0.2, 0) is 9.53 Å². The van der Waals surface area contributed by atoms with Crippen molar-refractivity contribution in [3.05, 3.63) is 37.8 Å². The zero-order valence-electron chi connectivity index (χ0n) is 10.4. The molecule has 1 rings (SSSR count). The zero-order chi connectivity index (χ0) is 15.3. The summed E-state index contributed by atoms with van der Waals surface area (Å²) in [5, 5.41) is 2.49. The van der Waals surface area contributed by atoms with Crippen molar-refractivity contribution in [3.8, 4) is 0 Å². The number of hydrogen-bond donors (Lipinski definition) is 0. The molecule has 1 aromatic carbocycles. The number of Topliss-reactive ketones (excluding diaryl/α,β-unsaturated/α-hetero) is 1. The minimum atomic E-state index is -1.52. The molecule has 1 aromatic rings. The summed E-state index contributed by atoms with van der Waals surface area (Å²) in [6, 6.07) is 1.52. The smallest absolute Gasteiger partial charge is 0.318 e. The Kier molecular flexibility index (Phi) is 6.11. The molecule has 0 aliphatic rings.